The van der Waals surface area contributed by atoms with Crippen LogP contribution in [0.5, 0.6) is 17.2 Å². The topological polar surface area (TPSA) is 763 Å². The molecule has 5 heterocycles. The zero-order valence-electron chi connectivity index (χ0n) is 81.7. The van der Waals surface area contributed by atoms with Crippen LogP contribution in [0.25, 0.3) is 0 Å². The summed E-state index contributed by atoms with van der Waals surface area (Å²) in [6.07, 6.45) is -20.3. The number of carboxylic acids is 1. The van der Waals surface area contributed by atoms with Crippen molar-refractivity contribution < 1.29 is 238 Å². The number of carbonyl (C=O) groups excluding carboxylic acids is 17. The maximum atomic E-state index is 12.1. The van der Waals surface area contributed by atoms with Crippen molar-refractivity contribution in [3.8, 4) is 23.3 Å². The third-order valence-electron chi connectivity index (χ3n) is 19.3. The SMILES string of the molecule is Br.CC#N.CC(=O)O.CC(=O)O[C@@H]1O[C@H](C(C)=O)[C@@H](C)[C@H](OC(C)=O)[C@H]1OC(C)=O.CC(=O)O[C@@H]1[C@@H](OC(C)=O)[C@H](C)[C@@H](C(C)=O)O[C@@H]1Br.CC(=O)O[C@H]1[C@H](Oc2ccc(C=O)cc2[N+](=O)[O-])O[C@H](C(C)=O)[C@@H](C)[C@@H]1OC(C)=O.CC(=O)O[C@H]1[C@H](Oc2ccc(CO)cc2N)O[C@H](C(C)=O)[C@@H](C)[C@@H]1OC(C)=O.CC(=O)O[C@H]1[C@H](Oc2ccc(CO)cc2[N+](=O)[O-])O[C@H](C(C)=O)[C@@H](C)[C@@H]1OC(C)=O.CO.O.O.[Pd]. The second-order valence-electron chi connectivity index (χ2n) is 30.8. The maximum Gasteiger partial charge on any atom is 0.311 e. The quantitative estimate of drug-likeness (QED) is 0.0102. The summed E-state index contributed by atoms with van der Waals surface area (Å²) in [7, 11) is 1.00. The van der Waals surface area contributed by atoms with Crippen molar-refractivity contribution in [2.24, 2.45) is 29.6 Å². The van der Waals surface area contributed by atoms with Crippen LogP contribution >= 0.6 is 32.9 Å². The molecule has 0 unspecified atom stereocenters. The number of Topliss-reactive ketones (excluding diaryl/α,β-unsaturated/α-hetero) is 5. The van der Waals surface area contributed by atoms with Gasteiger partial charge in [-0.25, -0.2) is 0 Å². The number of esters is 11. The molecular weight excluding hydrogens is 2130 g/mol. The maximum absolute atomic E-state index is 12.1. The number of aliphatic carboxylic acids is 1. The van der Waals surface area contributed by atoms with Crippen molar-refractivity contribution >= 4 is 157 Å². The fourth-order valence-electron chi connectivity index (χ4n) is 14.1. The number of nitrogens with zero attached hydrogens (tertiary/aromatic N) is 3. The Morgan fingerprint density at radius 2 is 0.599 bits per heavy atom. The van der Waals surface area contributed by atoms with Gasteiger partial charge in [-0.05, 0) is 76.1 Å². The number of hydrogen-bond donors (Lipinski definition) is 5. The van der Waals surface area contributed by atoms with Crippen LogP contribution in [-0.2, 0) is 191 Å². The zero-order valence-corrected chi connectivity index (χ0v) is 86.5. The van der Waals surface area contributed by atoms with Gasteiger partial charge in [0, 0.05) is 165 Å². The van der Waals surface area contributed by atoms with E-state index in [9.17, 15) is 112 Å². The molecule has 51 nitrogen and oxygen atoms in total. The number of halogens is 2. The van der Waals surface area contributed by atoms with Gasteiger partial charge in [-0.1, -0.05) is 62.7 Å². The minimum absolute atomic E-state index is 0. The summed E-state index contributed by atoms with van der Waals surface area (Å²) in [5.74, 6) is -12.6. The second-order valence-corrected chi connectivity index (χ2v) is 31.7. The molecule has 5 aliphatic heterocycles. The van der Waals surface area contributed by atoms with Crippen molar-refractivity contribution in [1.82, 2.24) is 0 Å². The number of alkyl halides is 1. The van der Waals surface area contributed by atoms with Crippen LogP contribution in [0, 0.1) is 61.1 Å². The monoisotopic (exact) mass is 2250 g/mol. The van der Waals surface area contributed by atoms with E-state index >= 15 is 0 Å². The van der Waals surface area contributed by atoms with Crippen LogP contribution in [0.4, 0.5) is 17.1 Å². The van der Waals surface area contributed by atoms with Crippen molar-refractivity contribution in [1.29, 1.82) is 5.26 Å². The van der Waals surface area contributed by atoms with E-state index in [1.165, 1.54) is 113 Å². The van der Waals surface area contributed by atoms with Gasteiger partial charge in [0.2, 0.25) is 49.6 Å². The number of hydrogen-bond acceptors (Lipinski definition) is 46. The molecule has 25 atom stereocenters. The van der Waals surface area contributed by atoms with E-state index < -0.39 is 257 Å². The molecule has 0 spiro atoms. The predicted molar refractivity (Wildman–Crippen MR) is 485 cm³/mol. The molecule has 0 radical (unpaired) electrons. The van der Waals surface area contributed by atoms with Gasteiger partial charge in [-0.3, -0.25) is 107 Å². The van der Waals surface area contributed by atoms with E-state index in [0.29, 0.717) is 11.8 Å². The average molecular weight is 2250 g/mol. The number of aldehydes is 1. The summed E-state index contributed by atoms with van der Waals surface area (Å²) in [5, 5.41) is 62.2. The Bertz CT molecular complexity index is 4820. The Morgan fingerprint density at radius 3 is 0.845 bits per heavy atom. The van der Waals surface area contributed by atoms with Gasteiger partial charge < -0.3 is 127 Å². The molecule has 0 aromatic heterocycles. The molecule has 5 fully saturated rings. The number of aliphatic hydroxyl groups is 3. The third kappa shape index (κ3) is 43.9. The number of nitriles is 1. The number of rotatable bonds is 27. The van der Waals surface area contributed by atoms with Crippen LogP contribution in [0.2, 0.25) is 0 Å². The van der Waals surface area contributed by atoms with Gasteiger partial charge in [0.15, 0.2) is 75.9 Å². The standard InChI is InChI=1S/C19H23NO10.C19H21NO10.C19H25NO8.C14H20O8.C12H17BrO6.C2H3N.C2H4O2.CH4O.BrH.2H2O.Pd/c2*1-9-16(10(2)22)30-19(18(28-12(4)24)17(9)27-11(3)23)29-15-6-5-13(8-21)7-14(15)20(25)26;1-9-16(10(2)22)28-19(18(26-12(4)24)17(9)25-11(3)23)27-15-6-5-13(8-21)7-14(15)20;1-6-11(7(2)15)22-14(21-10(5)18)13(20-9(4)17)12(6)19-8(3)16;1-5-9(6(2)14)19-12(13)11(18-8(4)16)10(5)17-7(3)15;1-2-3;1-2(3)4;1-2;;;;/h5-7,9,16-19,21H,8H2,1-4H3;5-9,16-19H,1-4H3;5-7,9,16-19,21H,8,20H2,1-4H3;6,11-14H,1-5H3;5,9-12H,1-4H3;1H3;1H3,(H,3,4);2H,1H3;1H;2*1H2;/t3*9-,16+,17+,18-,19-;6-,11+,12+,13-,14-;5-,9+,10+,11-,12+;;;;;;;/m11111......./s1. The molecule has 10 N–H and O–H groups in total. The number of carbonyl (C=O) groups is 18. The molecule has 0 amide bonds. The second kappa shape index (κ2) is 66.0. The number of anilines is 1. The number of nitro groups is 2. The van der Waals surface area contributed by atoms with Gasteiger partial charge in [0.25, 0.3) is 5.97 Å². The fraction of sp³-hybridized carbons (Fsp3) is 0.580. The number of nitrogen functional groups attached to an aromatic ring is 1. The summed E-state index contributed by atoms with van der Waals surface area (Å²) in [6.45, 7) is 29.6. The number of benzene rings is 3. The Morgan fingerprint density at radius 1 is 0.387 bits per heavy atom. The molecule has 142 heavy (non-hydrogen) atoms. The van der Waals surface area contributed by atoms with Crippen LogP contribution in [0.3, 0.4) is 0 Å². The molecule has 0 saturated carbocycles. The minimum Gasteiger partial charge on any atom is -0.481 e. The number of carboxylic acid groups (broad SMARTS) is 1. The van der Waals surface area contributed by atoms with Gasteiger partial charge >= 0.3 is 77.0 Å². The molecule has 3 aromatic carbocycles. The Labute approximate surface area is 847 Å². The largest absolute Gasteiger partial charge is 0.481 e. The first kappa shape index (κ1) is 136. The molecule has 5 aliphatic rings. The summed E-state index contributed by atoms with van der Waals surface area (Å²) >= 11 is 3.21. The van der Waals surface area contributed by atoms with Crippen LogP contribution in [0.1, 0.15) is 181 Å². The first-order valence-electron chi connectivity index (χ1n) is 41.6. The predicted octanol–water partition coefficient (Wildman–Crippen LogP) is 4.54. The smallest absolute Gasteiger partial charge is 0.311 e. The van der Waals surface area contributed by atoms with Gasteiger partial charge in [0.05, 0.1) is 34.8 Å². The van der Waals surface area contributed by atoms with Crippen molar-refractivity contribution in [3.63, 3.8) is 0 Å². The molecule has 54 heteroatoms. The molecule has 0 aliphatic carbocycles. The van der Waals surface area contributed by atoms with Gasteiger partial charge in [-0.15, -0.1) is 17.0 Å². The average Bonchev–Trinajstić information content (AvgIpc) is 0.791. The van der Waals surface area contributed by atoms with Crippen LogP contribution in [-0.4, -0.2) is 277 Å². The third-order valence-corrected chi connectivity index (χ3v) is 20.1. The first-order chi connectivity index (χ1) is 64.2. The van der Waals surface area contributed by atoms with Crippen molar-refractivity contribution in [2.75, 3.05) is 12.8 Å². The molecule has 0 bridgehead atoms. The summed E-state index contributed by atoms with van der Waals surface area (Å²) < 4.78 is 102. The summed E-state index contributed by atoms with van der Waals surface area (Å²) in [5.41, 5.74) is 6.08. The molecule has 800 valence electrons. The number of ether oxygens (including phenoxy) is 19. The van der Waals surface area contributed by atoms with Crippen molar-refractivity contribution in [2.45, 2.75) is 294 Å². The van der Waals surface area contributed by atoms with Crippen LogP contribution in [0.15, 0.2) is 54.6 Å². The van der Waals surface area contributed by atoms with Crippen molar-refractivity contribution in [3.05, 3.63) is 91.5 Å². The summed E-state index contributed by atoms with van der Waals surface area (Å²) in [6, 6.07) is 13.6. The minimum atomic E-state index is -1.50. The van der Waals surface area contributed by atoms with E-state index in [2.05, 4.69) is 15.9 Å². The Kier molecular flexibility index (Phi) is 63.3. The van der Waals surface area contributed by atoms with E-state index in [-0.39, 0.29) is 112 Å². The summed E-state index contributed by atoms with van der Waals surface area (Å²) in [4.78, 5) is 226. The number of aliphatic hydroxyl groups excluding tert-OH is 3. The molecular formula is C88H122Br2N4O47Pd. The zero-order chi connectivity index (χ0) is 106. The molecule has 8 rings (SSSR count). The molecule has 5 saturated heterocycles. The Hall–Kier alpha value is -12.0. The fourth-order valence-corrected chi connectivity index (χ4v) is 14.7. The Balaban J connectivity index is -0.000000820. The van der Waals surface area contributed by atoms with E-state index in [1.807, 2.05) is 0 Å². The van der Waals surface area contributed by atoms with E-state index in [0.717, 1.165) is 67.7 Å². The number of ketones is 5. The van der Waals surface area contributed by atoms with E-state index in [4.69, 9.17) is 116 Å². The van der Waals surface area contributed by atoms with Crippen LogP contribution < -0.4 is 19.9 Å². The number of nitrogens with two attached hydrogens (primary N) is 1. The van der Waals surface area contributed by atoms with E-state index in [1.54, 1.807) is 46.8 Å². The first-order valence-corrected chi connectivity index (χ1v) is 42.6. The van der Waals surface area contributed by atoms with Gasteiger partial charge in [0.1, 0.15) is 48.7 Å². The number of nitro benzene ring substituents is 2. The normalized spacial score (nSPS) is 25.9. The molecule has 3 aromatic rings. The van der Waals surface area contributed by atoms with Gasteiger partial charge in [-0.2, -0.15) is 5.26 Å².